The van der Waals surface area contributed by atoms with Crippen molar-refractivity contribution in [1.82, 2.24) is 5.32 Å². The van der Waals surface area contributed by atoms with Crippen molar-refractivity contribution >= 4 is 11.6 Å². The summed E-state index contributed by atoms with van der Waals surface area (Å²) in [6.07, 6.45) is -0.835. The van der Waals surface area contributed by atoms with Crippen LogP contribution in [0.3, 0.4) is 0 Å². The summed E-state index contributed by atoms with van der Waals surface area (Å²) in [4.78, 5) is 0. The Labute approximate surface area is 103 Å². The van der Waals surface area contributed by atoms with Crippen molar-refractivity contribution < 1.29 is 13.2 Å². The Morgan fingerprint density at radius 1 is 1.29 bits per heavy atom. The summed E-state index contributed by atoms with van der Waals surface area (Å²) < 4.78 is 37.2. The monoisotopic (exact) mass is 263 g/mol. The van der Waals surface area contributed by atoms with Gasteiger partial charge in [-0.2, -0.15) is 13.2 Å². The fraction of sp³-hybridized carbons (Fsp3) is 0.500. The third-order valence-electron chi connectivity index (χ3n) is 3.07. The molecule has 1 nitrogen and oxygen atoms in total. The van der Waals surface area contributed by atoms with Gasteiger partial charge in [-0.3, -0.25) is 0 Å². The summed E-state index contributed by atoms with van der Waals surface area (Å²) >= 11 is 5.84. The molecule has 94 valence electrons. The second-order valence-corrected chi connectivity index (χ2v) is 4.72. The zero-order valence-electron chi connectivity index (χ0n) is 9.15. The topological polar surface area (TPSA) is 12.0 Å². The third kappa shape index (κ3) is 3.13. The third-order valence-corrected chi connectivity index (χ3v) is 3.42. The lowest BCUT2D eigenvalue weighted by Gasteiger charge is -2.26. The summed E-state index contributed by atoms with van der Waals surface area (Å²) in [5, 5.41) is 3.44. The first kappa shape index (κ1) is 12.7. The van der Waals surface area contributed by atoms with Gasteiger partial charge in [0.2, 0.25) is 0 Å². The van der Waals surface area contributed by atoms with Gasteiger partial charge in [0.25, 0.3) is 0 Å². The van der Waals surface area contributed by atoms with Crippen LogP contribution in [0.15, 0.2) is 18.2 Å². The lowest BCUT2D eigenvalue weighted by molar-refractivity contribution is -0.137. The maximum Gasteiger partial charge on any atom is 0.416 e. The van der Waals surface area contributed by atoms with E-state index in [1.165, 1.54) is 12.5 Å². The molecule has 0 bridgehead atoms. The Hall–Kier alpha value is -0.740. The molecule has 1 fully saturated rings. The van der Waals surface area contributed by atoms with Gasteiger partial charge >= 0.3 is 6.18 Å². The van der Waals surface area contributed by atoms with Crippen molar-refractivity contribution in [2.24, 2.45) is 0 Å². The normalized spacial score (nSPS) is 16.9. The van der Waals surface area contributed by atoms with E-state index >= 15 is 0 Å². The number of nitrogens with one attached hydrogen (secondary N) is 1. The van der Waals surface area contributed by atoms with Crippen molar-refractivity contribution in [2.75, 3.05) is 0 Å². The van der Waals surface area contributed by atoms with Gasteiger partial charge in [0, 0.05) is 17.6 Å². The Morgan fingerprint density at radius 2 is 2.00 bits per heavy atom. The molecule has 5 heteroatoms. The first-order valence-corrected chi connectivity index (χ1v) is 5.93. The van der Waals surface area contributed by atoms with Crippen LogP contribution in [-0.2, 0) is 12.7 Å². The van der Waals surface area contributed by atoms with Crippen LogP contribution in [-0.4, -0.2) is 6.04 Å². The average molecular weight is 264 g/mol. The molecule has 17 heavy (non-hydrogen) atoms. The van der Waals surface area contributed by atoms with Gasteiger partial charge in [0.05, 0.1) is 5.56 Å². The SMILES string of the molecule is FC(F)(F)c1ccc(CNC2CCC2)c(Cl)c1. The van der Waals surface area contributed by atoms with Gasteiger partial charge in [-0.15, -0.1) is 0 Å². The van der Waals surface area contributed by atoms with Gasteiger partial charge < -0.3 is 5.32 Å². The van der Waals surface area contributed by atoms with Gasteiger partial charge in [0.1, 0.15) is 0 Å². The van der Waals surface area contributed by atoms with Crippen LogP contribution >= 0.6 is 11.6 Å². The highest BCUT2D eigenvalue weighted by Crippen LogP contribution is 2.32. The quantitative estimate of drug-likeness (QED) is 0.869. The van der Waals surface area contributed by atoms with Gasteiger partial charge in [-0.05, 0) is 30.5 Å². The minimum absolute atomic E-state index is 0.173. The van der Waals surface area contributed by atoms with Crippen molar-refractivity contribution in [2.45, 2.75) is 38.0 Å². The Balaban J connectivity index is 2.03. The molecule has 2 rings (SSSR count). The minimum Gasteiger partial charge on any atom is -0.310 e. The van der Waals surface area contributed by atoms with Crippen LogP contribution < -0.4 is 5.32 Å². The molecule has 0 radical (unpaired) electrons. The molecule has 0 aromatic heterocycles. The number of rotatable bonds is 3. The Kier molecular flexibility index (Phi) is 3.64. The summed E-state index contributed by atoms with van der Waals surface area (Å²) in [6, 6.07) is 3.99. The number of hydrogen-bond acceptors (Lipinski definition) is 1. The van der Waals surface area contributed by atoms with Crippen LogP contribution in [0, 0.1) is 0 Å². The van der Waals surface area contributed by atoms with E-state index in [0.29, 0.717) is 18.2 Å². The van der Waals surface area contributed by atoms with Gasteiger partial charge in [-0.1, -0.05) is 24.1 Å². The second-order valence-electron chi connectivity index (χ2n) is 4.31. The molecule has 1 aromatic carbocycles. The molecular weight excluding hydrogens is 251 g/mol. The van der Waals surface area contributed by atoms with Crippen LogP contribution in [0.25, 0.3) is 0 Å². The molecule has 1 aliphatic carbocycles. The zero-order chi connectivity index (χ0) is 12.5. The lowest BCUT2D eigenvalue weighted by Crippen LogP contribution is -2.34. The smallest absolute Gasteiger partial charge is 0.310 e. The Bertz CT molecular complexity index is 399. The molecule has 1 aliphatic rings. The van der Waals surface area contributed by atoms with E-state index in [4.69, 9.17) is 11.6 Å². The number of hydrogen-bond donors (Lipinski definition) is 1. The maximum absolute atomic E-state index is 12.4. The molecule has 1 saturated carbocycles. The minimum atomic E-state index is -4.33. The standard InChI is InChI=1S/C12H13ClF3N/c13-11-6-9(12(14,15)16)5-4-8(11)7-17-10-2-1-3-10/h4-6,10,17H,1-3,7H2. The van der Waals surface area contributed by atoms with Crippen LogP contribution in [0.4, 0.5) is 13.2 Å². The molecule has 0 aliphatic heterocycles. The van der Waals surface area contributed by atoms with E-state index in [9.17, 15) is 13.2 Å². The van der Waals surface area contributed by atoms with Crippen LogP contribution in [0.2, 0.25) is 5.02 Å². The predicted molar refractivity (Wildman–Crippen MR) is 60.9 cm³/mol. The number of alkyl halides is 3. The molecule has 0 amide bonds. The maximum atomic E-state index is 12.4. The van der Waals surface area contributed by atoms with E-state index in [1.807, 2.05) is 0 Å². The van der Waals surface area contributed by atoms with Gasteiger partial charge in [0.15, 0.2) is 0 Å². The highest BCUT2D eigenvalue weighted by Gasteiger charge is 2.30. The molecule has 0 atom stereocenters. The molecule has 0 heterocycles. The number of benzene rings is 1. The first-order chi connectivity index (χ1) is 7.97. The van der Waals surface area contributed by atoms with Crippen molar-refractivity contribution in [3.05, 3.63) is 34.3 Å². The summed E-state index contributed by atoms with van der Waals surface area (Å²) in [5.41, 5.74) is 0.0152. The first-order valence-electron chi connectivity index (χ1n) is 5.56. The average Bonchev–Trinajstić information content (AvgIpc) is 2.16. The van der Waals surface area contributed by atoms with Gasteiger partial charge in [-0.25, -0.2) is 0 Å². The van der Waals surface area contributed by atoms with E-state index in [0.717, 1.165) is 25.0 Å². The largest absolute Gasteiger partial charge is 0.416 e. The molecule has 0 spiro atoms. The molecule has 0 unspecified atom stereocenters. The molecule has 1 N–H and O–H groups in total. The lowest BCUT2D eigenvalue weighted by atomic mass is 9.93. The predicted octanol–water partition coefficient (Wildman–Crippen LogP) is 4.00. The summed E-state index contributed by atoms with van der Waals surface area (Å²) in [5.74, 6) is 0. The molecule has 0 saturated heterocycles. The fourth-order valence-corrected chi connectivity index (χ4v) is 1.98. The molecular formula is C12H13ClF3N. The fourth-order valence-electron chi connectivity index (χ4n) is 1.73. The van der Waals surface area contributed by atoms with E-state index in [2.05, 4.69) is 5.32 Å². The van der Waals surface area contributed by atoms with E-state index in [-0.39, 0.29) is 5.02 Å². The number of halogens is 4. The second kappa shape index (κ2) is 4.86. The zero-order valence-corrected chi connectivity index (χ0v) is 9.91. The van der Waals surface area contributed by atoms with Crippen LogP contribution in [0.5, 0.6) is 0 Å². The van der Waals surface area contributed by atoms with Crippen molar-refractivity contribution in [3.8, 4) is 0 Å². The summed E-state index contributed by atoms with van der Waals surface area (Å²) in [6.45, 7) is 0.529. The highest BCUT2D eigenvalue weighted by atomic mass is 35.5. The summed E-state index contributed by atoms with van der Waals surface area (Å²) in [7, 11) is 0. The van der Waals surface area contributed by atoms with E-state index in [1.54, 1.807) is 0 Å². The van der Waals surface area contributed by atoms with E-state index < -0.39 is 11.7 Å². The highest BCUT2D eigenvalue weighted by molar-refractivity contribution is 6.31. The molecule has 1 aromatic rings. The Morgan fingerprint density at radius 3 is 2.47 bits per heavy atom. The van der Waals surface area contributed by atoms with Crippen molar-refractivity contribution in [1.29, 1.82) is 0 Å². The van der Waals surface area contributed by atoms with Crippen LogP contribution in [0.1, 0.15) is 30.4 Å². The van der Waals surface area contributed by atoms with Crippen molar-refractivity contribution in [3.63, 3.8) is 0 Å².